The number of nitrogens with one attached hydrogen (secondary N) is 1. The minimum Gasteiger partial charge on any atom is -0.497 e. The van der Waals surface area contributed by atoms with E-state index in [1.807, 2.05) is 24.3 Å². The highest BCUT2D eigenvalue weighted by atomic mass is 16.5. The number of aromatic nitrogens is 1. The first-order valence-electron chi connectivity index (χ1n) is 8.92. The van der Waals surface area contributed by atoms with Gasteiger partial charge >= 0.3 is 5.97 Å². The fourth-order valence-corrected chi connectivity index (χ4v) is 3.01. The molecule has 3 aromatic rings. The molecule has 7 nitrogen and oxygen atoms in total. The molecular weight excluding hydrogens is 372 g/mol. The minimum atomic E-state index is -0.719. The van der Waals surface area contributed by atoms with Crippen molar-refractivity contribution in [2.75, 3.05) is 13.7 Å². The van der Waals surface area contributed by atoms with E-state index in [0.717, 1.165) is 16.5 Å². The number of nitrogens with zero attached hydrogens (tertiary/aromatic N) is 1. The minimum absolute atomic E-state index is 0.288. The molecule has 0 fully saturated rings. The fourth-order valence-electron chi connectivity index (χ4n) is 3.01. The van der Waals surface area contributed by atoms with Gasteiger partial charge in [-0.25, -0.2) is 4.79 Å². The molecule has 1 heterocycles. The van der Waals surface area contributed by atoms with E-state index in [1.54, 1.807) is 26.0 Å². The van der Waals surface area contributed by atoms with Crippen LogP contribution in [-0.4, -0.2) is 36.5 Å². The lowest BCUT2D eigenvalue weighted by Crippen LogP contribution is -2.34. The summed E-state index contributed by atoms with van der Waals surface area (Å²) in [6, 6.07) is 13.7. The van der Waals surface area contributed by atoms with Crippen LogP contribution in [0.3, 0.4) is 0 Å². The maximum Gasteiger partial charge on any atom is 0.340 e. The number of benzene rings is 2. The molecule has 0 unspecified atom stereocenters. The van der Waals surface area contributed by atoms with Gasteiger partial charge in [0.05, 0.1) is 23.9 Å². The summed E-state index contributed by atoms with van der Waals surface area (Å²) in [5.74, 6) is -1.38. The van der Waals surface area contributed by atoms with Crippen LogP contribution in [0.5, 0.6) is 5.75 Å². The number of fused-ring (bicyclic) bond motifs is 1. The van der Waals surface area contributed by atoms with E-state index >= 15 is 0 Å². The summed E-state index contributed by atoms with van der Waals surface area (Å²) in [4.78, 5) is 41.1. The predicted octanol–water partition coefficient (Wildman–Crippen LogP) is 2.97. The normalized spacial score (nSPS) is 10.4. The number of ether oxygens (including phenoxy) is 2. The molecule has 0 atom stereocenters. The van der Waals surface area contributed by atoms with Crippen molar-refractivity contribution in [3.05, 3.63) is 70.9 Å². The van der Waals surface area contributed by atoms with Crippen molar-refractivity contribution < 1.29 is 23.9 Å². The van der Waals surface area contributed by atoms with E-state index in [0.29, 0.717) is 17.0 Å². The average molecular weight is 392 g/mol. The molecule has 3 rings (SSSR count). The van der Waals surface area contributed by atoms with Crippen LogP contribution in [0.4, 0.5) is 0 Å². The molecular formula is C22H20N2O5. The Balaban J connectivity index is 1.65. The Kier molecular flexibility index (Phi) is 5.87. The monoisotopic (exact) mass is 392 g/mol. The summed E-state index contributed by atoms with van der Waals surface area (Å²) in [6.45, 7) is 2.94. The topological polar surface area (TPSA) is 94.6 Å². The second-order valence-corrected chi connectivity index (χ2v) is 6.40. The second-order valence-electron chi connectivity index (χ2n) is 6.40. The standard InChI is InChI=1S/C22H20N2O5/c1-13-17-6-4-5-7-18(17)23-14(2)20(13)22(27)29-12-19(25)24-21(26)15-8-10-16(28-3)11-9-15/h4-11H,12H2,1-3H3,(H,24,25,26). The van der Waals surface area contributed by atoms with Crippen molar-refractivity contribution >= 4 is 28.7 Å². The third kappa shape index (κ3) is 4.40. The Morgan fingerprint density at radius 2 is 1.69 bits per heavy atom. The Labute approximate surface area is 167 Å². The number of hydrogen-bond donors (Lipinski definition) is 1. The zero-order valence-corrected chi connectivity index (χ0v) is 16.3. The highest BCUT2D eigenvalue weighted by Crippen LogP contribution is 2.23. The molecule has 2 amide bonds. The molecule has 0 saturated carbocycles. The van der Waals surface area contributed by atoms with Crippen LogP contribution in [0.15, 0.2) is 48.5 Å². The Bertz CT molecular complexity index is 1090. The van der Waals surface area contributed by atoms with Crippen LogP contribution >= 0.6 is 0 Å². The van der Waals surface area contributed by atoms with E-state index in [9.17, 15) is 14.4 Å². The average Bonchev–Trinajstić information content (AvgIpc) is 2.72. The quantitative estimate of drug-likeness (QED) is 0.671. The van der Waals surface area contributed by atoms with Gasteiger partial charge in [0.2, 0.25) is 0 Å². The molecule has 29 heavy (non-hydrogen) atoms. The third-order valence-electron chi connectivity index (χ3n) is 4.48. The van der Waals surface area contributed by atoms with Crippen LogP contribution < -0.4 is 10.1 Å². The maximum atomic E-state index is 12.5. The first-order valence-corrected chi connectivity index (χ1v) is 8.92. The number of imide groups is 1. The van der Waals surface area contributed by atoms with Gasteiger partial charge in [0.15, 0.2) is 6.61 Å². The van der Waals surface area contributed by atoms with E-state index in [2.05, 4.69) is 10.3 Å². The SMILES string of the molecule is COc1ccc(C(=O)NC(=O)COC(=O)c2c(C)nc3ccccc3c2C)cc1. The van der Waals surface area contributed by atoms with Gasteiger partial charge < -0.3 is 9.47 Å². The molecule has 1 aromatic heterocycles. The molecule has 0 spiro atoms. The largest absolute Gasteiger partial charge is 0.497 e. The number of amides is 2. The molecule has 0 aliphatic rings. The first-order chi connectivity index (χ1) is 13.9. The molecule has 7 heteroatoms. The van der Waals surface area contributed by atoms with Gasteiger partial charge in [-0.2, -0.15) is 0 Å². The van der Waals surface area contributed by atoms with Gasteiger partial charge in [0, 0.05) is 10.9 Å². The summed E-state index contributed by atoms with van der Waals surface area (Å²) in [5, 5.41) is 3.03. The number of aryl methyl sites for hydroxylation is 2. The molecule has 2 aromatic carbocycles. The van der Waals surface area contributed by atoms with Crippen LogP contribution in [-0.2, 0) is 9.53 Å². The number of methoxy groups -OCH3 is 1. The van der Waals surface area contributed by atoms with Crippen molar-refractivity contribution in [1.82, 2.24) is 10.3 Å². The molecule has 0 radical (unpaired) electrons. The van der Waals surface area contributed by atoms with Crippen LogP contribution in [0, 0.1) is 13.8 Å². The Morgan fingerprint density at radius 3 is 2.38 bits per heavy atom. The Morgan fingerprint density at radius 1 is 1.00 bits per heavy atom. The number of carbonyl (C=O) groups is 3. The number of para-hydroxylation sites is 1. The summed E-state index contributed by atoms with van der Waals surface area (Å²) >= 11 is 0. The van der Waals surface area contributed by atoms with Crippen molar-refractivity contribution in [2.24, 2.45) is 0 Å². The molecule has 0 aliphatic heterocycles. The summed E-state index contributed by atoms with van der Waals surface area (Å²) in [6.07, 6.45) is 0. The van der Waals surface area contributed by atoms with Gasteiger partial charge in [-0.1, -0.05) is 18.2 Å². The molecule has 148 valence electrons. The lowest BCUT2D eigenvalue weighted by molar-refractivity contribution is -0.123. The summed E-state index contributed by atoms with van der Waals surface area (Å²) in [7, 11) is 1.52. The summed E-state index contributed by atoms with van der Waals surface area (Å²) < 4.78 is 10.1. The summed E-state index contributed by atoms with van der Waals surface area (Å²) in [5.41, 5.74) is 2.63. The van der Waals surface area contributed by atoms with Crippen LogP contribution in [0.2, 0.25) is 0 Å². The van der Waals surface area contributed by atoms with Crippen molar-refractivity contribution in [1.29, 1.82) is 0 Å². The van der Waals surface area contributed by atoms with Crippen molar-refractivity contribution in [2.45, 2.75) is 13.8 Å². The first kappa shape index (κ1) is 20.0. The lowest BCUT2D eigenvalue weighted by atomic mass is 10.0. The zero-order valence-electron chi connectivity index (χ0n) is 16.3. The van der Waals surface area contributed by atoms with E-state index in [4.69, 9.17) is 9.47 Å². The fraction of sp³-hybridized carbons (Fsp3) is 0.182. The molecule has 0 saturated heterocycles. The lowest BCUT2D eigenvalue weighted by Gasteiger charge is -2.12. The number of hydrogen-bond acceptors (Lipinski definition) is 6. The van der Waals surface area contributed by atoms with Gasteiger partial charge in [-0.05, 0) is 49.7 Å². The molecule has 0 aliphatic carbocycles. The number of rotatable bonds is 5. The van der Waals surface area contributed by atoms with Gasteiger partial charge in [-0.3, -0.25) is 19.9 Å². The zero-order chi connectivity index (χ0) is 21.0. The molecule has 0 bridgehead atoms. The van der Waals surface area contributed by atoms with Gasteiger partial charge in [-0.15, -0.1) is 0 Å². The highest BCUT2D eigenvalue weighted by Gasteiger charge is 2.19. The van der Waals surface area contributed by atoms with Crippen LogP contribution in [0.1, 0.15) is 32.0 Å². The van der Waals surface area contributed by atoms with Gasteiger partial charge in [0.25, 0.3) is 11.8 Å². The van der Waals surface area contributed by atoms with E-state index in [-0.39, 0.29) is 5.56 Å². The smallest absolute Gasteiger partial charge is 0.340 e. The van der Waals surface area contributed by atoms with Gasteiger partial charge in [0.1, 0.15) is 5.75 Å². The number of pyridine rings is 1. The number of esters is 1. The Hall–Kier alpha value is -3.74. The van der Waals surface area contributed by atoms with E-state index < -0.39 is 24.4 Å². The van der Waals surface area contributed by atoms with Crippen molar-refractivity contribution in [3.63, 3.8) is 0 Å². The number of carbonyl (C=O) groups excluding carboxylic acids is 3. The predicted molar refractivity (Wildman–Crippen MR) is 107 cm³/mol. The maximum absolute atomic E-state index is 12.5. The third-order valence-corrected chi connectivity index (χ3v) is 4.48. The van der Waals surface area contributed by atoms with Crippen molar-refractivity contribution in [3.8, 4) is 5.75 Å². The molecule has 1 N–H and O–H groups in total. The van der Waals surface area contributed by atoms with E-state index in [1.165, 1.54) is 19.2 Å². The second kappa shape index (κ2) is 8.52. The highest BCUT2D eigenvalue weighted by molar-refractivity contribution is 6.06. The van der Waals surface area contributed by atoms with Crippen LogP contribution in [0.25, 0.3) is 10.9 Å².